The second-order valence-electron chi connectivity index (χ2n) is 8.04. The topological polar surface area (TPSA) is 69.0 Å². The summed E-state index contributed by atoms with van der Waals surface area (Å²) >= 11 is 7.70. The van der Waals surface area contributed by atoms with Crippen LogP contribution in [0.4, 0.5) is 10.3 Å². The van der Waals surface area contributed by atoms with Crippen LogP contribution in [-0.2, 0) is 11.4 Å². The fourth-order valence-electron chi connectivity index (χ4n) is 3.84. The summed E-state index contributed by atoms with van der Waals surface area (Å²) in [4.78, 5) is 17.2. The van der Waals surface area contributed by atoms with Gasteiger partial charge in [0.15, 0.2) is 5.78 Å². The number of halogens is 2. The Hall–Kier alpha value is -2.84. The molecule has 4 rings (SSSR count). The summed E-state index contributed by atoms with van der Waals surface area (Å²) in [5.74, 6) is 1.68. The van der Waals surface area contributed by atoms with Crippen molar-refractivity contribution in [1.29, 1.82) is 0 Å². The van der Waals surface area contributed by atoms with E-state index in [-0.39, 0.29) is 12.4 Å². The smallest absolute Gasteiger partial charge is 0.227 e. The molecule has 0 saturated carbocycles. The molecule has 34 heavy (non-hydrogen) atoms. The van der Waals surface area contributed by atoms with Crippen molar-refractivity contribution in [2.24, 2.45) is 0 Å². The molecule has 1 N–H and O–H groups in total. The number of hydrogen-bond acceptors (Lipinski definition) is 6. The minimum absolute atomic E-state index is 0.0154. The van der Waals surface area contributed by atoms with Gasteiger partial charge in [0.25, 0.3) is 0 Å². The number of aromatic nitrogens is 3. The highest BCUT2D eigenvalue weighted by Gasteiger charge is 2.32. The molecule has 0 amide bonds. The highest BCUT2D eigenvalue weighted by molar-refractivity contribution is 7.99. The van der Waals surface area contributed by atoms with Crippen molar-refractivity contribution in [3.8, 4) is 5.75 Å². The number of rotatable bonds is 9. The van der Waals surface area contributed by atoms with E-state index in [4.69, 9.17) is 21.4 Å². The molecule has 1 aromatic heterocycles. The van der Waals surface area contributed by atoms with E-state index in [0.29, 0.717) is 33.0 Å². The lowest BCUT2D eigenvalue weighted by molar-refractivity contribution is -0.114. The predicted molar refractivity (Wildman–Crippen MR) is 133 cm³/mol. The molecule has 178 valence electrons. The maximum absolute atomic E-state index is 14.0. The first-order chi connectivity index (χ1) is 16.4. The van der Waals surface area contributed by atoms with Gasteiger partial charge < -0.3 is 10.1 Å². The Bertz CT molecular complexity index is 1210. The third-order valence-corrected chi connectivity index (χ3v) is 6.86. The Balaban J connectivity index is 1.59. The Morgan fingerprint density at radius 3 is 2.71 bits per heavy atom. The number of benzene rings is 2. The van der Waals surface area contributed by atoms with Crippen LogP contribution in [0.15, 0.2) is 58.9 Å². The van der Waals surface area contributed by atoms with Crippen LogP contribution in [0.1, 0.15) is 50.8 Å². The lowest BCUT2D eigenvalue weighted by Gasteiger charge is -2.28. The number of fused-ring (bicyclic) bond motifs is 1. The van der Waals surface area contributed by atoms with E-state index in [2.05, 4.69) is 17.2 Å². The fraction of sp³-hybridized carbons (Fsp3) is 0.320. The molecule has 1 aliphatic heterocycles. The zero-order valence-electron chi connectivity index (χ0n) is 19.3. The largest absolute Gasteiger partial charge is 0.489 e. The minimum Gasteiger partial charge on any atom is -0.489 e. The van der Waals surface area contributed by atoms with E-state index in [9.17, 15) is 9.18 Å². The molecule has 2 aromatic carbocycles. The van der Waals surface area contributed by atoms with Crippen LogP contribution >= 0.6 is 23.4 Å². The standard InChI is InChI=1S/C25H26ClFN4O2S/c1-4-5-13-34-25-29-24-28-15(2)22(16(3)32)23(31(24)30-25)17-9-11-18(12-10-17)33-14-19-20(26)7-6-8-21(19)27/h6-12,23H,4-5,13-14H2,1-3H3,(H,28,29,30). The van der Waals surface area contributed by atoms with Crippen LogP contribution in [-0.4, -0.2) is 26.3 Å². The molecule has 9 heteroatoms. The van der Waals surface area contributed by atoms with E-state index >= 15 is 0 Å². The number of allylic oxidation sites excluding steroid dienone is 2. The summed E-state index contributed by atoms with van der Waals surface area (Å²) in [6, 6.07) is 11.5. The third-order valence-electron chi connectivity index (χ3n) is 5.58. The second kappa shape index (κ2) is 10.6. The van der Waals surface area contributed by atoms with Crippen molar-refractivity contribution in [3.63, 3.8) is 0 Å². The summed E-state index contributed by atoms with van der Waals surface area (Å²) in [6.07, 6.45) is 2.19. The highest BCUT2D eigenvalue weighted by atomic mass is 35.5. The van der Waals surface area contributed by atoms with Gasteiger partial charge >= 0.3 is 0 Å². The van der Waals surface area contributed by atoms with Crippen LogP contribution in [0.25, 0.3) is 0 Å². The van der Waals surface area contributed by atoms with Crippen LogP contribution in [0, 0.1) is 5.82 Å². The first-order valence-electron chi connectivity index (χ1n) is 11.1. The first-order valence-corrected chi connectivity index (χ1v) is 12.5. The molecule has 2 heterocycles. The summed E-state index contributed by atoms with van der Waals surface area (Å²) in [5.41, 5.74) is 2.58. The maximum atomic E-state index is 14.0. The number of nitrogens with one attached hydrogen (secondary N) is 1. The van der Waals surface area contributed by atoms with Gasteiger partial charge in [0.05, 0.1) is 5.02 Å². The summed E-state index contributed by atoms with van der Waals surface area (Å²) in [7, 11) is 0. The van der Waals surface area contributed by atoms with Crippen molar-refractivity contribution in [2.45, 2.75) is 51.4 Å². The average molecular weight is 501 g/mol. The van der Waals surface area contributed by atoms with Gasteiger partial charge in [0, 0.05) is 22.6 Å². The van der Waals surface area contributed by atoms with Crippen molar-refractivity contribution in [1.82, 2.24) is 14.8 Å². The van der Waals surface area contributed by atoms with Gasteiger partial charge in [-0.2, -0.15) is 4.98 Å². The number of ketones is 1. The Morgan fingerprint density at radius 1 is 1.26 bits per heavy atom. The minimum atomic E-state index is -0.406. The summed E-state index contributed by atoms with van der Waals surface area (Å²) in [6.45, 7) is 5.60. The monoisotopic (exact) mass is 500 g/mol. The second-order valence-corrected chi connectivity index (χ2v) is 9.51. The van der Waals surface area contributed by atoms with E-state index in [1.165, 1.54) is 6.07 Å². The molecule has 0 bridgehead atoms. The molecule has 1 aliphatic rings. The Kier molecular flexibility index (Phi) is 7.58. The number of anilines is 1. The van der Waals surface area contributed by atoms with Crippen molar-refractivity contribution < 1.29 is 13.9 Å². The first kappa shape index (κ1) is 24.3. The molecule has 0 aliphatic carbocycles. The lowest BCUT2D eigenvalue weighted by atomic mass is 9.93. The summed E-state index contributed by atoms with van der Waals surface area (Å²) < 4.78 is 21.6. The van der Waals surface area contributed by atoms with Gasteiger partial charge in [-0.25, -0.2) is 9.07 Å². The van der Waals surface area contributed by atoms with Gasteiger partial charge in [-0.15, -0.1) is 5.10 Å². The zero-order valence-corrected chi connectivity index (χ0v) is 20.8. The molecule has 0 radical (unpaired) electrons. The molecule has 6 nitrogen and oxygen atoms in total. The molecule has 1 unspecified atom stereocenters. The zero-order chi connectivity index (χ0) is 24.2. The molecule has 0 spiro atoms. The molecular formula is C25H26ClFN4O2S. The van der Waals surface area contributed by atoms with Gasteiger partial charge in [-0.1, -0.05) is 54.9 Å². The quantitative estimate of drug-likeness (QED) is 0.270. The number of hydrogen-bond donors (Lipinski definition) is 1. The van der Waals surface area contributed by atoms with Crippen LogP contribution < -0.4 is 10.1 Å². The molecule has 1 atom stereocenters. The normalized spacial score (nSPS) is 15.1. The number of Topliss-reactive ketones (excluding diaryl/α,β-unsaturated/α-hetero) is 1. The molecule has 0 saturated heterocycles. The van der Waals surface area contributed by atoms with E-state index < -0.39 is 11.9 Å². The van der Waals surface area contributed by atoms with Gasteiger partial charge in [0.1, 0.15) is 24.2 Å². The van der Waals surface area contributed by atoms with Crippen molar-refractivity contribution in [2.75, 3.05) is 11.1 Å². The fourth-order valence-corrected chi connectivity index (χ4v) is 4.97. The molecular weight excluding hydrogens is 475 g/mol. The van der Waals surface area contributed by atoms with Crippen molar-refractivity contribution in [3.05, 3.63) is 75.7 Å². The van der Waals surface area contributed by atoms with E-state index in [1.54, 1.807) is 47.6 Å². The SMILES string of the molecule is CCCCSc1nc2n(n1)C(c1ccc(OCc3c(F)cccc3Cl)cc1)C(C(C)=O)=C(C)N2. The number of nitrogens with zero attached hydrogens (tertiary/aromatic N) is 3. The number of thioether (sulfide) groups is 1. The maximum Gasteiger partial charge on any atom is 0.227 e. The Labute approximate surface area is 207 Å². The van der Waals surface area contributed by atoms with E-state index in [1.807, 2.05) is 19.1 Å². The van der Waals surface area contributed by atoms with Crippen molar-refractivity contribution >= 4 is 35.1 Å². The number of carbonyl (C=O) groups excluding carboxylic acids is 1. The number of carbonyl (C=O) groups is 1. The van der Waals surface area contributed by atoms with Gasteiger partial charge in [-0.05, 0) is 50.1 Å². The van der Waals surface area contributed by atoms with Crippen LogP contribution in [0.5, 0.6) is 5.75 Å². The van der Waals surface area contributed by atoms with Gasteiger partial charge in [-0.3, -0.25) is 4.79 Å². The summed E-state index contributed by atoms with van der Waals surface area (Å²) in [5, 5.41) is 8.93. The van der Waals surface area contributed by atoms with Crippen LogP contribution in [0.2, 0.25) is 5.02 Å². The van der Waals surface area contributed by atoms with E-state index in [0.717, 1.165) is 29.9 Å². The molecule has 0 fully saturated rings. The lowest BCUT2D eigenvalue weighted by Crippen LogP contribution is -2.27. The number of unbranched alkanes of at least 4 members (excludes halogenated alkanes) is 1. The molecule has 3 aromatic rings. The van der Waals surface area contributed by atoms with Crippen LogP contribution in [0.3, 0.4) is 0 Å². The number of ether oxygens (including phenoxy) is 1. The Morgan fingerprint density at radius 2 is 2.03 bits per heavy atom. The predicted octanol–water partition coefficient (Wildman–Crippen LogP) is 6.42. The highest BCUT2D eigenvalue weighted by Crippen LogP contribution is 2.37. The average Bonchev–Trinajstić information content (AvgIpc) is 3.20. The van der Waals surface area contributed by atoms with Gasteiger partial charge in [0.2, 0.25) is 11.1 Å². The third kappa shape index (κ3) is 5.13.